The number of carbonyl (C=O) groups is 2. The van der Waals surface area contributed by atoms with Crippen LogP contribution >= 0.6 is 23.2 Å². The summed E-state index contributed by atoms with van der Waals surface area (Å²) in [5.74, 6) is 0.754. The van der Waals surface area contributed by atoms with Crippen molar-refractivity contribution >= 4 is 40.8 Å². The molecule has 7 rings (SSSR count). The smallest absolute Gasteiger partial charge is 0.407 e. The normalized spacial score (nSPS) is 18.5. The fraction of sp³-hybridized carbons (Fsp3) is 0.359. The van der Waals surface area contributed by atoms with Gasteiger partial charge in [0, 0.05) is 78.0 Å². The molecule has 1 saturated carbocycles. The molecule has 5 aromatic rings. The van der Waals surface area contributed by atoms with E-state index in [9.17, 15) is 19.8 Å². The van der Waals surface area contributed by atoms with E-state index in [1.807, 2.05) is 47.1 Å². The summed E-state index contributed by atoms with van der Waals surface area (Å²) >= 11 is 14.2. The number of aliphatic hydroxyl groups is 1. The van der Waals surface area contributed by atoms with Crippen LogP contribution in [0, 0.1) is 0 Å². The zero-order chi connectivity index (χ0) is 37.9. The molecule has 13 nitrogen and oxygen atoms in total. The van der Waals surface area contributed by atoms with Gasteiger partial charge in [0.1, 0.15) is 0 Å². The highest BCUT2D eigenvalue weighted by molar-refractivity contribution is 6.39. The first-order valence-electron chi connectivity index (χ1n) is 17.8. The lowest BCUT2D eigenvalue weighted by atomic mass is 9.93. The lowest BCUT2D eigenvalue weighted by Gasteiger charge is -2.25. The number of amides is 2. The quantitative estimate of drug-likeness (QED) is 0.109. The summed E-state index contributed by atoms with van der Waals surface area (Å²) in [6.45, 7) is 0.778. The number of nitrogens with one attached hydrogen (secondary N) is 2. The van der Waals surface area contributed by atoms with Gasteiger partial charge in [-0.05, 0) is 56.4 Å². The fourth-order valence-corrected chi connectivity index (χ4v) is 7.86. The minimum Gasteiger partial charge on any atom is -0.493 e. The van der Waals surface area contributed by atoms with E-state index in [4.69, 9.17) is 42.6 Å². The summed E-state index contributed by atoms with van der Waals surface area (Å²) in [5.41, 5.74) is 5.86. The number of pyridine rings is 3. The first-order valence-corrected chi connectivity index (χ1v) is 18.6. The van der Waals surface area contributed by atoms with Gasteiger partial charge in [0.25, 0.3) is 0 Å². The summed E-state index contributed by atoms with van der Waals surface area (Å²) in [7, 11) is 3.08. The van der Waals surface area contributed by atoms with Crippen LogP contribution in [0.1, 0.15) is 49.8 Å². The Labute approximate surface area is 322 Å². The van der Waals surface area contributed by atoms with Gasteiger partial charge in [-0.25, -0.2) is 14.8 Å². The van der Waals surface area contributed by atoms with Crippen molar-refractivity contribution in [3.8, 4) is 45.3 Å². The number of nitrogens with zero attached hydrogens (tertiary/aromatic N) is 5. The molecule has 0 spiro atoms. The highest BCUT2D eigenvalue weighted by Crippen LogP contribution is 2.42. The third-order valence-corrected chi connectivity index (χ3v) is 10.9. The summed E-state index contributed by atoms with van der Waals surface area (Å²) in [5, 5.41) is 26.9. The number of hydrogen-bond donors (Lipinski definition) is 4. The SMILES string of the molecule is COc1nc(-c2cccc(-c3ccnc(-c4cc(OC)c5nc(CNC6CCC(O)CC6)cn5c4)c3Cl)c2Cl)ccc1CN(C[C@@H]1CCC(=O)N1)C(=O)O. The van der Waals surface area contributed by atoms with Gasteiger partial charge in [0.05, 0.1) is 54.0 Å². The minimum atomic E-state index is -1.11. The molecule has 2 fully saturated rings. The second-order valence-electron chi connectivity index (χ2n) is 13.7. The number of aliphatic hydroxyl groups excluding tert-OH is 1. The molecule has 4 N–H and O–H groups in total. The summed E-state index contributed by atoms with van der Waals surface area (Å²) in [6, 6.07) is 12.9. The molecule has 0 radical (unpaired) electrons. The molecule has 2 amide bonds. The molecule has 282 valence electrons. The number of carboxylic acid groups (broad SMARTS) is 1. The van der Waals surface area contributed by atoms with Gasteiger partial charge in [0.15, 0.2) is 11.4 Å². The standard InChI is InChI=1S/C39H41Cl2N7O6/c1-53-32-16-23(19-47-21-26(45-37(32)47)17-43-24-7-10-27(49)11-8-24)36-35(41)29(14-15-42-36)28-4-3-5-30(34(28)40)31-12-6-22(38(46-31)54-2)18-48(39(51)52)20-25-9-13-33(50)44-25/h3-6,12,14-16,19,21,24-25,27,43,49H,7-11,13,17-18,20H2,1-2H3,(H,44,50)(H,51,52)/t24?,25-,27?/m0/s1. The molecule has 1 atom stereocenters. The molecule has 1 aromatic carbocycles. The van der Waals surface area contributed by atoms with E-state index < -0.39 is 6.09 Å². The van der Waals surface area contributed by atoms with Gasteiger partial charge in [0.2, 0.25) is 11.8 Å². The van der Waals surface area contributed by atoms with Crippen molar-refractivity contribution in [2.75, 3.05) is 20.8 Å². The van der Waals surface area contributed by atoms with Gasteiger partial charge < -0.3 is 39.6 Å². The van der Waals surface area contributed by atoms with E-state index in [0.29, 0.717) is 80.5 Å². The van der Waals surface area contributed by atoms with Gasteiger partial charge in [-0.2, -0.15) is 0 Å². The first kappa shape index (κ1) is 37.4. The second-order valence-corrected chi connectivity index (χ2v) is 14.4. The summed E-state index contributed by atoms with van der Waals surface area (Å²) < 4.78 is 13.3. The number of fused-ring (bicyclic) bond motifs is 1. The Bertz CT molecular complexity index is 2190. The maximum atomic E-state index is 12.1. The summed E-state index contributed by atoms with van der Waals surface area (Å²) in [4.78, 5) is 39.2. The lowest BCUT2D eigenvalue weighted by Crippen LogP contribution is -2.41. The zero-order valence-electron chi connectivity index (χ0n) is 29.9. The van der Waals surface area contributed by atoms with Crippen molar-refractivity contribution in [2.45, 2.75) is 69.8 Å². The number of halogens is 2. The van der Waals surface area contributed by atoms with Crippen molar-refractivity contribution in [3.63, 3.8) is 0 Å². The van der Waals surface area contributed by atoms with E-state index in [2.05, 4.69) is 15.6 Å². The van der Waals surface area contributed by atoms with Gasteiger partial charge in [-0.15, -0.1) is 0 Å². The Kier molecular flexibility index (Phi) is 11.2. The third-order valence-electron chi connectivity index (χ3n) is 10.1. The lowest BCUT2D eigenvalue weighted by molar-refractivity contribution is -0.119. The minimum absolute atomic E-state index is 0.0292. The molecule has 1 saturated heterocycles. The first-order chi connectivity index (χ1) is 26.1. The number of imidazole rings is 1. The number of benzene rings is 1. The maximum absolute atomic E-state index is 12.1. The molecule has 15 heteroatoms. The van der Waals surface area contributed by atoms with E-state index in [1.54, 1.807) is 25.4 Å². The van der Waals surface area contributed by atoms with Gasteiger partial charge >= 0.3 is 6.09 Å². The van der Waals surface area contributed by atoms with Crippen LogP contribution in [-0.4, -0.2) is 85.4 Å². The Hall–Kier alpha value is -4.95. The topological polar surface area (TPSA) is 163 Å². The molecule has 0 bridgehead atoms. The number of rotatable bonds is 12. The van der Waals surface area contributed by atoms with Crippen molar-refractivity contribution in [1.82, 2.24) is 34.9 Å². The van der Waals surface area contributed by atoms with E-state index in [1.165, 1.54) is 12.0 Å². The van der Waals surface area contributed by atoms with Crippen LogP contribution in [-0.2, 0) is 17.9 Å². The Morgan fingerprint density at radius 1 is 1.00 bits per heavy atom. The van der Waals surface area contributed by atoms with Crippen molar-refractivity contribution in [1.29, 1.82) is 0 Å². The highest BCUT2D eigenvalue weighted by atomic mass is 35.5. The predicted molar refractivity (Wildman–Crippen MR) is 205 cm³/mol. The Morgan fingerprint density at radius 3 is 2.50 bits per heavy atom. The Balaban J connectivity index is 1.15. The number of hydrogen-bond acceptors (Lipinski definition) is 9. The molecule has 1 aliphatic carbocycles. The van der Waals surface area contributed by atoms with E-state index >= 15 is 0 Å². The van der Waals surface area contributed by atoms with Crippen LogP contribution in [0.15, 0.2) is 61.1 Å². The summed E-state index contributed by atoms with van der Waals surface area (Å²) in [6.07, 6.45) is 8.70. The van der Waals surface area contributed by atoms with Crippen LogP contribution in [0.5, 0.6) is 11.6 Å². The zero-order valence-corrected chi connectivity index (χ0v) is 31.4. The number of aromatic nitrogens is 4. The van der Waals surface area contributed by atoms with E-state index in [0.717, 1.165) is 36.9 Å². The number of methoxy groups -OCH3 is 2. The third kappa shape index (κ3) is 7.95. The predicted octanol–water partition coefficient (Wildman–Crippen LogP) is 6.60. The fourth-order valence-electron chi connectivity index (χ4n) is 7.22. The molecule has 5 heterocycles. The maximum Gasteiger partial charge on any atom is 0.407 e. The average Bonchev–Trinajstić information content (AvgIpc) is 3.79. The van der Waals surface area contributed by atoms with Crippen LogP contribution in [0.3, 0.4) is 0 Å². The van der Waals surface area contributed by atoms with Crippen molar-refractivity contribution < 1.29 is 29.3 Å². The van der Waals surface area contributed by atoms with Crippen molar-refractivity contribution in [2.24, 2.45) is 0 Å². The highest BCUT2D eigenvalue weighted by Gasteiger charge is 2.27. The van der Waals surface area contributed by atoms with Crippen molar-refractivity contribution in [3.05, 3.63) is 82.4 Å². The van der Waals surface area contributed by atoms with Gasteiger partial charge in [-0.1, -0.05) is 41.4 Å². The monoisotopic (exact) mass is 773 g/mol. The largest absolute Gasteiger partial charge is 0.493 e. The second kappa shape index (κ2) is 16.2. The van der Waals surface area contributed by atoms with Crippen LogP contribution < -0.4 is 20.1 Å². The molecule has 1 aliphatic heterocycles. The van der Waals surface area contributed by atoms with Crippen LogP contribution in [0.25, 0.3) is 39.3 Å². The molecular formula is C39H41Cl2N7O6. The Morgan fingerprint density at radius 2 is 1.78 bits per heavy atom. The van der Waals surface area contributed by atoms with Crippen LogP contribution in [0.2, 0.25) is 10.0 Å². The van der Waals surface area contributed by atoms with Crippen LogP contribution in [0.4, 0.5) is 4.79 Å². The molecule has 54 heavy (non-hydrogen) atoms. The average molecular weight is 775 g/mol. The number of ether oxygens (including phenoxy) is 2. The molecule has 2 aliphatic rings. The number of carbonyl (C=O) groups excluding carboxylic acids is 1. The van der Waals surface area contributed by atoms with Gasteiger partial charge in [-0.3, -0.25) is 9.78 Å². The molecule has 0 unspecified atom stereocenters. The molecular weight excluding hydrogens is 733 g/mol. The van der Waals surface area contributed by atoms with E-state index in [-0.39, 0.29) is 37.0 Å². The molecule has 4 aromatic heterocycles.